The summed E-state index contributed by atoms with van der Waals surface area (Å²) in [7, 11) is 0. The third kappa shape index (κ3) is 2.94. The highest BCUT2D eigenvalue weighted by atomic mass is 32.1. The minimum absolute atomic E-state index is 0.0150. The van der Waals surface area contributed by atoms with E-state index >= 15 is 0 Å². The number of nitrogens with zero attached hydrogens (tertiary/aromatic N) is 1. The molecule has 1 aromatic heterocycles. The summed E-state index contributed by atoms with van der Waals surface area (Å²) < 4.78 is 0. The van der Waals surface area contributed by atoms with Gasteiger partial charge in [0, 0.05) is 53.0 Å². The van der Waals surface area contributed by atoms with Gasteiger partial charge in [-0.05, 0) is 23.4 Å². The number of rotatable bonds is 3. The van der Waals surface area contributed by atoms with E-state index in [0.717, 1.165) is 4.88 Å². The van der Waals surface area contributed by atoms with Gasteiger partial charge in [0.15, 0.2) is 5.78 Å². The van der Waals surface area contributed by atoms with Gasteiger partial charge in [0.1, 0.15) is 0 Å². The van der Waals surface area contributed by atoms with E-state index in [1.54, 1.807) is 23.5 Å². The second-order valence-electron chi connectivity index (χ2n) is 6.59. The Kier molecular flexibility index (Phi) is 4.16. The molecule has 0 bridgehead atoms. The maximum atomic E-state index is 12.9. The van der Waals surface area contributed by atoms with Crippen molar-refractivity contribution >= 4 is 28.7 Å². The van der Waals surface area contributed by atoms with Gasteiger partial charge in [0.2, 0.25) is 5.91 Å². The van der Waals surface area contributed by atoms with Crippen molar-refractivity contribution in [3.8, 4) is 0 Å². The van der Waals surface area contributed by atoms with Gasteiger partial charge in [-0.3, -0.25) is 19.7 Å². The Bertz CT molecular complexity index is 933. The third-order valence-corrected chi connectivity index (χ3v) is 6.00. The fourth-order valence-corrected chi connectivity index (χ4v) is 4.66. The molecule has 26 heavy (non-hydrogen) atoms. The lowest BCUT2D eigenvalue weighted by Gasteiger charge is -2.34. The first-order valence-electron chi connectivity index (χ1n) is 8.36. The number of nitro groups is 1. The average molecular weight is 368 g/mol. The molecule has 1 aliphatic carbocycles. The lowest BCUT2D eigenvalue weighted by Crippen LogP contribution is -2.38. The normalized spacial score (nSPS) is 22.8. The maximum absolute atomic E-state index is 12.9. The van der Waals surface area contributed by atoms with Gasteiger partial charge in [-0.2, -0.15) is 0 Å². The van der Waals surface area contributed by atoms with Crippen LogP contribution in [-0.4, -0.2) is 16.6 Å². The van der Waals surface area contributed by atoms with Gasteiger partial charge in [0.05, 0.1) is 4.92 Å². The zero-order valence-corrected chi connectivity index (χ0v) is 14.6. The first kappa shape index (κ1) is 16.7. The molecular weight excluding hydrogens is 352 g/mol. The summed E-state index contributed by atoms with van der Waals surface area (Å²) in [5, 5.41) is 15.9. The molecule has 1 aromatic carbocycles. The molecule has 0 fully saturated rings. The topological polar surface area (TPSA) is 89.3 Å². The zero-order chi connectivity index (χ0) is 18.3. The number of thiophene rings is 1. The Hall–Kier alpha value is -2.80. The van der Waals surface area contributed by atoms with Gasteiger partial charge in [-0.15, -0.1) is 11.3 Å². The molecule has 2 heterocycles. The number of amides is 1. The van der Waals surface area contributed by atoms with E-state index in [9.17, 15) is 19.7 Å². The number of hydrogen-bond donors (Lipinski definition) is 1. The van der Waals surface area contributed by atoms with Crippen molar-refractivity contribution < 1.29 is 14.5 Å². The number of carbonyl (C=O) groups excluding carboxylic acids is 2. The van der Waals surface area contributed by atoms with Gasteiger partial charge >= 0.3 is 0 Å². The molecule has 132 valence electrons. The first-order valence-corrected chi connectivity index (χ1v) is 9.24. The van der Waals surface area contributed by atoms with Gasteiger partial charge in [0.25, 0.3) is 5.69 Å². The molecule has 6 nitrogen and oxygen atoms in total. The van der Waals surface area contributed by atoms with Crippen molar-refractivity contribution in [2.45, 2.75) is 31.1 Å². The summed E-state index contributed by atoms with van der Waals surface area (Å²) in [6, 6.07) is 10.2. The van der Waals surface area contributed by atoms with Crippen LogP contribution in [0, 0.1) is 10.1 Å². The van der Waals surface area contributed by atoms with E-state index < -0.39 is 10.8 Å². The Morgan fingerprint density at radius 1 is 1.12 bits per heavy atom. The number of nitrogens with one attached hydrogen (secondary N) is 1. The van der Waals surface area contributed by atoms with Crippen molar-refractivity contribution in [3.05, 3.63) is 73.6 Å². The number of carbonyl (C=O) groups is 2. The van der Waals surface area contributed by atoms with Crippen molar-refractivity contribution in [1.82, 2.24) is 5.32 Å². The lowest BCUT2D eigenvalue weighted by atomic mass is 9.74. The van der Waals surface area contributed by atoms with E-state index in [1.807, 2.05) is 17.5 Å². The minimum atomic E-state index is -0.461. The van der Waals surface area contributed by atoms with Crippen molar-refractivity contribution in [2.24, 2.45) is 0 Å². The Morgan fingerprint density at radius 3 is 2.69 bits per heavy atom. The summed E-state index contributed by atoms with van der Waals surface area (Å²) in [5.74, 6) is -0.484. The number of ketones is 1. The van der Waals surface area contributed by atoms with Crippen molar-refractivity contribution in [3.63, 3.8) is 0 Å². The molecule has 0 saturated carbocycles. The molecule has 1 amide bonds. The van der Waals surface area contributed by atoms with Crippen LogP contribution >= 0.6 is 11.3 Å². The van der Waals surface area contributed by atoms with Crippen LogP contribution in [0.5, 0.6) is 0 Å². The van der Waals surface area contributed by atoms with E-state index in [-0.39, 0.29) is 29.7 Å². The summed E-state index contributed by atoms with van der Waals surface area (Å²) in [4.78, 5) is 36.9. The van der Waals surface area contributed by atoms with Gasteiger partial charge in [-0.25, -0.2) is 0 Å². The molecule has 1 N–H and O–H groups in total. The van der Waals surface area contributed by atoms with Crippen molar-refractivity contribution in [2.75, 3.05) is 0 Å². The maximum Gasteiger partial charge on any atom is 0.269 e. The summed E-state index contributed by atoms with van der Waals surface area (Å²) >= 11 is 1.61. The van der Waals surface area contributed by atoms with Crippen LogP contribution in [0.15, 0.2) is 53.0 Å². The second-order valence-corrected chi connectivity index (χ2v) is 7.57. The third-order valence-electron chi connectivity index (χ3n) is 4.97. The Balaban J connectivity index is 1.74. The second kappa shape index (κ2) is 6.49. The number of Topliss-reactive ketones (excluding diaryl/α,β-unsaturated/α-hetero) is 1. The molecule has 7 heteroatoms. The first-order chi connectivity index (χ1) is 12.5. The zero-order valence-electron chi connectivity index (χ0n) is 13.8. The highest BCUT2D eigenvalue weighted by molar-refractivity contribution is 7.10. The molecule has 0 unspecified atom stereocenters. The highest BCUT2D eigenvalue weighted by Gasteiger charge is 2.38. The predicted molar refractivity (Wildman–Crippen MR) is 96.9 cm³/mol. The predicted octanol–water partition coefficient (Wildman–Crippen LogP) is 3.66. The number of benzene rings is 1. The van der Waals surface area contributed by atoms with Crippen molar-refractivity contribution in [1.29, 1.82) is 0 Å². The van der Waals surface area contributed by atoms with E-state index in [4.69, 9.17) is 0 Å². The molecule has 2 aromatic rings. The van der Waals surface area contributed by atoms with E-state index in [1.165, 1.54) is 12.1 Å². The summed E-state index contributed by atoms with van der Waals surface area (Å²) in [6.45, 7) is 0. The smallest absolute Gasteiger partial charge is 0.269 e. The number of non-ortho nitro benzene ring substituents is 1. The molecule has 0 radical (unpaired) electrons. The van der Waals surface area contributed by atoms with E-state index in [0.29, 0.717) is 29.7 Å². The molecule has 4 rings (SSSR count). The number of hydrogen-bond acceptors (Lipinski definition) is 5. The van der Waals surface area contributed by atoms with Gasteiger partial charge in [-0.1, -0.05) is 18.2 Å². The van der Waals surface area contributed by atoms with Crippen LogP contribution in [0.25, 0.3) is 0 Å². The molecule has 2 atom stereocenters. The molecule has 1 aliphatic heterocycles. The quantitative estimate of drug-likeness (QED) is 0.661. The molecule has 2 aliphatic rings. The van der Waals surface area contributed by atoms with E-state index in [2.05, 4.69) is 5.32 Å². The SMILES string of the molecule is O=C1C[C@@H](c2cccc([N+](=O)[O-])c2)C2=C(C[C@@H](c3cccs3)CC2=O)N1. The average Bonchev–Trinajstić information content (AvgIpc) is 3.15. The minimum Gasteiger partial charge on any atom is -0.329 e. The van der Waals surface area contributed by atoms with Crippen LogP contribution in [0.1, 0.15) is 41.5 Å². The largest absolute Gasteiger partial charge is 0.329 e. The van der Waals surface area contributed by atoms with Crippen LogP contribution in [0.3, 0.4) is 0 Å². The standard InChI is InChI=1S/C19H16N2O4S/c22-16-9-12(17-5-2-6-26-17)8-15-19(16)14(10-18(23)20-15)11-3-1-4-13(7-11)21(24)25/h1-7,12,14H,8-10H2,(H,20,23)/t12-,14+/m1/s1. The summed E-state index contributed by atoms with van der Waals surface area (Å²) in [5.41, 5.74) is 1.89. The van der Waals surface area contributed by atoms with Gasteiger partial charge < -0.3 is 5.32 Å². The monoisotopic (exact) mass is 368 g/mol. The fraction of sp³-hybridized carbons (Fsp3) is 0.263. The molecular formula is C19H16N2O4S. The highest BCUT2D eigenvalue weighted by Crippen LogP contribution is 2.43. The fourth-order valence-electron chi connectivity index (χ4n) is 3.82. The van der Waals surface area contributed by atoms with Crippen LogP contribution < -0.4 is 5.32 Å². The Morgan fingerprint density at radius 2 is 1.96 bits per heavy atom. The summed E-state index contributed by atoms with van der Waals surface area (Å²) in [6.07, 6.45) is 1.15. The Labute approximate surface area is 153 Å². The van der Waals surface area contributed by atoms with Crippen LogP contribution in [-0.2, 0) is 9.59 Å². The molecule has 0 spiro atoms. The van der Waals surface area contributed by atoms with Crippen LogP contribution in [0.4, 0.5) is 5.69 Å². The lowest BCUT2D eigenvalue weighted by molar-refractivity contribution is -0.384. The number of nitro benzene ring substituents is 1. The molecule has 0 saturated heterocycles. The number of allylic oxidation sites excluding steroid dienone is 2. The van der Waals surface area contributed by atoms with Crippen LogP contribution in [0.2, 0.25) is 0 Å².